The van der Waals surface area contributed by atoms with Crippen molar-refractivity contribution in [2.24, 2.45) is 5.73 Å². The molecule has 0 fully saturated rings. The van der Waals surface area contributed by atoms with Crippen molar-refractivity contribution in [1.82, 2.24) is 0 Å². The number of rotatable bonds is 5. The van der Waals surface area contributed by atoms with Gasteiger partial charge < -0.3 is 15.2 Å². The maximum atomic E-state index is 5.52. The predicted octanol–water partition coefficient (Wildman–Crippen LogP) is 2.67. The molecule has 0 heterocycles. The van der Waals surface area contributed by atoms with E-state index in [0.717, 1.165) is 39.9 Å². The summed E-state index contributed by atoms with van der Waals surface area (Å²) in [6.45, 7) is 2.68. The second-order valence-corrected chi connectivity index (χ2v) is 4.40. The maximum absolute atomic E-state index is 5.52. The van der Waals surface area contributed by atoms with Crippen molar-refractivity contribution in [2.45, 2.75) is 19.8 Å². The Morgan fingerprint density at radius 2 is 2.00 bits per heavy atom. The third-order valence-corrected chi connectivity index (χ3v) is 3.52. The molecule has 0 spiro atoms. The monoisotopic (exact) mass is 287 g/mol. The van der Waals surface area contributed by atoms with Crippen LogP contribution in [0.4, 0.5) is 0 Å². The zero-order valence-corrected chi connectivity index (χ0v) is 11.6. The van der Waals surface area contributed by atoms with Gasteiger partial charge in [0.25, 0.3) is 0 Å². The lowest BCUT2D eigenvalue weighted by Crippen LogP contribution is -2.03. The van der Waals surface area contributed by atoms with Crippen LogP contribution in [0, 0.1) is 6.92 Å². The molecule has 0 aromatic heterocycles. The van der Waals surface area contributed by atoms with Crippen LogP contribution in [0.2, 0.25) is 0 Å². The summed E-state index contributed by atoms with van der Waals surface area (Å²) in [5, 5.41) is 0. The molecule has 0 atom stereocenters. The van der Waals surface area contributed by atoms with Crippen LogP contribution in [0.25, 0.3) is 0 Å². The van der Waals surface area contributed by atoms with Gasteiger partial charge in [-0.25, -0.2) is 0 Å². The SMILES string of the molecule is COc1cc(CCCN)c(OC)c(Br)c1C. The largest absolute Gasteiger partial charge is 0.496 e. The number of methoxy groups -OCH3 is 2. The van der Waals surface area contributed by atoms with Crippen molar-refractivity contribution in [2.75, 3.05) is 20.8 Å². The lowest BCUT2D eigenvalue weighted by Gasteiger charge is -2.15. The van der Waals surface area contributed by atoms with Gasteiger partial charge in [0.2, 0.25) is 0 Å². The van der Waals surface area contributed by atoms with E-state index in [1.165, 1.54) is 0 Å². The van der Waals surface area contributed by atoms with E-state index in [-0.39, 0.29) is 0 Å². The quantitative estimate of drug-likeness (QED) is 0.906. The van der Waals surface area contributed by atoms with Crippen LogP contribution < -0.4 is 15.2 Å². The summed E-state index contributed by atoms with van der Waals surface area (Å²) in [6.07, 6.45) is 1.84. The second kappa shape index (κ2) is 6.11. The first-order chi connectivity index (χ1) is 7.65. The molecule has 4 heteroatoms. The topological polar surface area (TPSA) is 44.5 Å². The van der Waals surface area contributed by atoms with Gasteiger partial charge in [-0.1, -0.05) is 0 Å². The molecule has 0 aliphatic carbocycles. The smallest absolute Gasteiger partial charge is 0.136 e. The molecular formula is C12H18BrNO2. The fraction of sp³-hybridized carbons (Fsp3) is 0.500. The Hall–Kier alpha value is -0.740. The van der Waals surface area contributed by atoms with Gasteiger partial charge >= 0.3 is 0 Å². The van der Waals surface area contributed by atoms with Gasteiger partial charge in [-0.15, -0.1) is 0 Å². The first-order valence-corrected chi connectivity index (χ1v) is 6.05. The molecule has 0 saturated carbocycles. The van der Waals surface area contributed by atoms with Crippen LogP contribution in [0.3, 0.4) is 0 Å². The molecule has 1 aromatic carbocycles. The molecular weight excluding hydrogens is 270 g/mol. The van der Waals surface area contributed by atoms with Gasteiger partial charge in [-0.2, -0.15) is 0 Å². The van der Waals surface area contributed by atoms with E-state index in [9.17, 15) is 0 Å². The zero-order valence-electron chi connectivity index (χ0n) is 9.97. The summed E-state index contributed by atoms with van der Waals surface area (Å²) < 4.78 is 11.7. The van der Waals surface area contributed by atoms with Gasteiger partial charge in [-0.3, -0.25) is 0 Å². The summed E-state index contributed by atoms with van der Waals surface area (Å²) >= 11 is 3.54. The van der Waals surface area contributed by atoms with E-state index in [2.05, 4.69) is 15.9 Å². The zero-order chi connectivity index (χ0) is 12.1. The number of ether oxygens (including phenoxy) is 2. The molecule has 0 amide bonds. The Bertz CT molecular complexity index is 367. The first kappa shape index (κ1) is 13.3. The highest BCUT2D eigenvalue weighted by Crippen LogP contribution is 2.38. The minimum Gasteiger partial charge on any atom is -0.496 e. The van der Waals surface area contributed by atoms with Crippen LogP contribution in [-0.2, 0) is 6.42 Å². The normalized spacial score (nSPS) is 10.3. The van der Waals surface area contributed by atoms with Crippen molar-refractivity contribution in [3.63, 3.8) is 0 Å². The summed E-state index contributed by atoms with van der Waals surface area (Å²) in [6, 6.07) is 2.02. The lowest BCUT2D eigenvalue weighted by atomic mass is 10.1. The second-order valence-electron chi connectivity index (χ2n) is 3.60. The van der Waals surface area contributed by atoms with E-state index in [1.807, 2.05) is 13.0 Å². The molecule has 3 nitrogen and oxygen atoms in total. The third-order valence-electron chi connectivity index (χ3n) is 2.57. The number of benzene rings is 1. The Morgan fingerprint density at radius 3 is 2.50 bits per heavy atom. The van der Waals surface area contributed by atoms with Gasteiger partial charge in [0.1, 0.15) is 11.5 Å². The van der Waals surface area contributed by atoms with E-state index in [4.69, 9.17) is 15.2 Å². The Kier molecular flexibility index (Phi) is 5.09. The molecule has 16 heavy (non-hydrogen) atoms. The number of hydrogen-bond acceptors (Lipinski definition) is 3. The highest BCUT2D eigenvalue weighted by atomic mass is 79.9. The minimum atomic E-state index is 0.678. The van der Waals surface area contributed by atoms with E-state index >= 15 is 0 Å². The van der Waals surface area contributed by atoms with Crippen molar-refractivity contribution in [3.8, 4) is 11.5 Å². The van der Waals surface area contributed by atoms with E-state index in [1.54, 1.807) is 14.2 Å². The summed E-state index contributed by atoms with van der Waals surface area (Å²) in [7, 11) is 3.35. The average molecular weight is 288 g/mol. The molecule has 0 radical (unpaired) electrons. The van der Waals surface area contributed by atoms with Crippen LogP contribution in [-0.4, -0.2) is 20.8 Å². The molecule has 2 N–H and O–H groups in total. The van der Waals surface area contributed by atoms with Gasteiger partial charge in [0.15, 0.2) is 0 Å². The average Bonchev–Trinajstić information content (AvgIpc) is 2.30. The lowest BCUT2D eigenvalue weighted by molar-refractivity contribution is 0.393. The summed E-state index contributed by atoms with van der Waals surface area (Å²) in [5.41, 5.74) is 7.70. The molecule has 1 aromatic rings. The predicted molar refractivity (Wildman–Crippen MR) is 69.4 cm³/mol. The Labute approximate surface area is 105 Å². The number of nitrogens with two attached hydrogens (primary N) is 1. The van der Waals surface area contributed by atoms with Crippen LogP contribution in [0.15, 0.2) is 10.5 Å². The molecule has 0 aliphatic rings. The Balaban J connectivity index is 3.18. The highest BCUT2D eigenvalue weighted by Gasteiger charge is 2.14. The molecule has 90 valence electrons. The molecule has 1 rings (SSSR count). The highest BCUT2D eigenvalue weighted by molar-refractivity contribution is 9.10. The summed E-state index contributed by atoms with van der Waals surface area (Å²) in [5.74, 6) is 1.76. The molecule has 0 aliphatic heterocycles. The number of aryl methyl sites for hydroxylation is 1. The fourth-order valence-electron chi connectivity index (χ4n) is 1.66. The fourth-order valence-corrected chi connectivity index (χ4v) is 2.27. The summed E-state index contributed by atoms with van der Waals surface area (Å²) in [4.78, 5) is 0. The molecule has 0 saturated heterocycles. The van der Waals surface area contributed by atoms with Gasteiger partial charge in [-0.05, 0) is 53.9 Å². The maximum Gasteiger partial charge on any atom is 0.136 e. The van der Waals surface area contributed by atoms with Gasteiger partial charge in [0.05, 0.1) is 18.7 Å². The van der Waals surface area contributed by atoms with Crippen molar-refractivity contribution in [1.29, 1.82) is 0 Å². The van der Waals surface area contributed by atoms with Crippen LogP contribution in [0.1, 0.15) is 17.5 Å². The first-order valence-electron chi connectivity index (χ1n) is 5.25. The number of hydrogen-bond donors (Lipinski definition) is 1. The third kappa shape index (κ3) is 2.68. The van der Waals surface area contributed by atoms with Crippen molar-refractivity contribution in [3.05, 3.63) is 21.7 Å². The van der Waals surface area contributed by atoms with Crippen molar-refractivity contribution < 1.29 is 9.47 Å². The minimum absolute atomic E-state index is 0.678. The standard InChI is InChI=1S/C12H18BrNO2/c1-8-10(15-2)7-9(5-4-6-14)12(16-3)11(8)13/h7H,4-6,14H2,1-3H3. The van der Waals surface area contributed by atoms with Crippen molar-refractivity contribution >= 4 is 15.9 Å². The van der Waals surface area contributed by atoms with Crippen LogP contribution in [0.5, 0.6) is 11.5 Å². The van der Waals surface area contributed by atoms with Crippen LogP contribution >= 0.6 is 15.9 Å². The van der Waals surface area contributed by atoms with E-state index < -0.39 is 0 Å². The van der Waals surface area contributed by atoms with Gasteiger partial charge in [0, 0.05) is 5.56 Å². The number of halogens is 1. The van der Waals surface area contributed by atoms with E-state index in [0.29, 0.717) is 6.54 Å². The molecule has 0 unspecified atom stereocenters. The Morgan fingerprint density at radius 1 is 1.31 bits per heavy atom. The molecule has 0 bridgehead atoms.